The number of ether oxygens (including phenoxy) is 2. The van der Waals surface area contributed by atoms with Crippen LogP contribution in [0.4, 0.5) is 0 Å². The molecule has 0 saturated heterocycles. The summed E-state index contributed by atoms with van der Waals surface area (Å²) in [6.07, 6.45) is 0.434. The van der Waals surface area contributed by atoms with Crippen molar-refractivity contribution in [2.24, 2.45) is 0 Å². The van der Waals surface area contributed by atoms with Gasteiger partial charge < -0.3 is 13.9 Å². The number of aromatic nitrogens is 1. The Morgan fingerprint density at radius 3 is 2.85 bits per heavy atom. The molecule has 7 nitrogen and oxygen atoms in total. The average molecular weight is 387 g/mol. The maximum Gasteiger partial charge on any atom is 0.419 e. The number of oxazole rings is 1. The first-order chi connectivity index (χ1) is 13.0. The molecular weight excluding hydrogens is 372 g/mol. The van der Waals surface area contributed by atoms with Crippen LogP contribution in [0.1, 0.15) is 18.4 Å². The van der Waals surface area contributed by atoms with E-state index in [9.17, 15) is 9.59 Å². The van der Waals surface area contributed by atoms with Gasteiger partial charge in [-0.15, -0.1) is 0 Å². The fraction of sp³-hybridized carbons (Fsp3) is 0.211. The third-order valence-electron chi connectivity index (χ3n) is 3.91. The maximum absolute atomic E-state index is 12.2. The van der Waals surface area contributed by atoms with Crippen molar-refractivity contribution < 1.29 is 18.7 Å². The molecule has 0 amide bonds. The number of carbonyl (C=O) groups is 1. The van der Waals surface area contributed by atoms with Crippen LogP contribution in [0.25, 0.3) is 11.1 Å². The van der Waals surface area contributed by atoms with Crippen LogP contribution in [0, 0.1) is 11.3 Å². The molecular formula is C19H15ClN2O5. The second kappa shape index (κ2) is 7.98. The summed E-state index contributed by atoms with van der Waals surface area (Å²) >= 11 is 6.07. The van der Waals surface area contributed by atoms with Gasteiger partial charge in [0.05, 0.1) is 29.3 Å². The molecule has 138 valence electrons. The topological polar surface area (TPSA) is 94.5 Å². The first kappa shape index (κ1) is 18.5. The molecule has 0 bridgehead atoms. The first-order valence-electron chi connectivity index (χ1n) is 8.10. The standard InChI is InChI=1S/C19H15ClN2O5/c1-25-16-10-12(11-21)9-13(20)18(16)27-17(23)7-4-8-22-14-5-2-3-6-15(14)26-19(22)24/h2-3,5-6,9-10H,4,7-8H2,1H3. The van der Waals surface area contributed by atoms with E-state index >= 15 is 0 Å². The van der Waals surface area contributed by atoms with Gasteiger partial charge >= 0.3 is 11.7 Å². The van der Waals surface area contributed by atoms with Crippen molar-refractivity contribution in [3.63, 3.8) is 0 Å². The third kappa shape index (κ3) is 3.96. The molecule has 0 aliphatic rings. The van der Waals surface area contributed by atoms with Crippen LogP contribution in [0.2, 0.25) is 5.02 Å². The number of carbonyl (C=O) groups excluding carboxylic acids is 1. The summed E-state index contributed by atoms with van der Waals surface area (Å²) in [5, 5.41) is 9.06. The highest BCUT2D eigenvalue weighted by Crippen LogP contribution is 2.36. The number of aryl methyl sites for hydroxylation is 1. The molecule has 0 aliphatic carbocycles. The molecule has 0 fully saturated rings. The second-order valence-electron chi connectivity index (χ2n) is 5.67. The van der Waals surface area contributed by atoms with Gasteiger partial charge in [-0.05, 0) is 24.6 Å². The maximum atomic E-state index is 12.2. The molecule has 0 spiro atoms. The lowest BCUT2D eigenvalue weighted by Gasteiger charge is -2.11. The number of para-hydroxylation sites is 2. The lowest BCUT2D eigenvalue weighted by molar-refractivity contribution is -0.134. The number of benzene rings is 2. The quantitative estimate of drug-likeness (QED) is 0.475. The summed E-state index contributed by atoms with van der Waals surface area (Å²) in [6, 6.07) is 11.8. The molecule has 0 aliphatic heterocycles. The first-order valence-corrected chi connectivity index (χ1v) is 8.48. The van der Waals surface area contributed by atoms with Crippen LogP contribution < -0.4 is 15.2 Å². The zero-order chi connectivity index (χ0) is 19.4. The minimum Gasteiger partial charge on any atom is -0.493 e. The third-order valence-corrected chi connectivity index (χ3v) is 4.19. The molecule has 2 aromatic carbocycles. The largest absolute Gasteiger partial charge is 0.493 e. The Balaban J connectivity index is 1.66. The van der Waals surface area contributed by atoms with Gasteiger partial charge in [0.1, 0.15) is 0 Å². The molecule has 3 aromatic rings. The van der Waals surface area contributed by atoms with Gasteiger partial charge in [0.25, 0.3) is 0 Å². The lowest BCUT2D eigenvalue weighted by atomic mass is 10.2. The van der Waals surface area contributed by atoms with E-state index in [-0.39, 0.29) is 22.9 Å². The number of halogens is 1. The van der Waals surface area contributed by atoms with Crippen LogP contribution >= 0.6 is 11.6 Å². The van der Waals surface area contributed by atoms with E-state index in [2.05, 4.69) is 0 Å². The van der Waals surface area contributed by atoms with Gasteiger partial charge in [-0.3, -0.25) is 9.36 Å². The Morgan fingerprint density at radius 1 is 1.33 bits per heavy atom. The smallest absolute Gasteiger partial charge is 0.419 e. The van der Waals surface area contributed by atoms with E-state index in [0.717, 1.165) is 0 Å². The Labute approximate surface area is 159 Å². The SMILES string of the molecule is COc1cc(C#N)cc(Cl)c1OC(=O)CCCn1c(=O)oc2ccccc21. The summed E-state index contributed by atoms with van der Waals surface area (Å²) < 4.78 is 17.0. The predicted octanol–water partition coefficient (Wildman–Crippen LogP) is 3.51. The number of hydrogen-bond acceptors (Lipinski definition) is 6. The fourth-order valence-corrected chi connectivity index (χ4v) is 2.90. The molecule has 0 radical (unpaired) electrons. The van der Waals surface area contributed by atoms with Gasteiger partial charge in [0, 0.05) is 19.0 Å². The second-order valence-corrected chi connectivity index (χ2v) is 6.07. The van der Waals surface area contributed by atoms with Crippen LogP contribution in [-0.4, -0.2) is 17.6 Å². The molecule has 0 unspecified atom stereocenters. The van der Waals surface area contributed by atoms with Crippen molar-refractivity contribution in [3.05, 3.63) is 57.5 Å². The van der Waals surface area contributed by atoms with Crippen LogP contribution in [0.15, 0.2) is 45.6 Å². The molecule has 1 aromatic heterocycles. The van der Waals surface area contributed by atoms with Crippen molar-refractivity contribution in [1.29, 1.82) is 5.26 Å². The number of nitrogens with zero attached hydrogens (tertiary/aromatic N) is 2. The van der Waals surface area contributed by atoms with Gasteiger partial charge in [-0.25, -0.2) is 4.79 Å². The van der Waals surface area contributed by atoms with E-state index in [0.29, 0.717) is 29.6 Å². The zero-order valence-electron chi connectivity index (χ0n) is 14.4. The van der Waals surface area contributed by atoms with Crippen molar-refractivity contribution in [1.82, 2.24) is 4.57 Å². The number of fused-ring (bicyclic) bond motifs is 1. The van der Waals surface area contributed by atoms with Crippen molar-refractivity contribution in [2.75, 3.05) is 7.11 Å². The summed E-state index contributed by atoms with van der Waals surface area (Å²) in [6.45, 7) is 0.309. The van der Waals surface area contributed by atoms with E-state index in [4.69, 9.17) is 30.8 Å². The molecule has 27 heavy (non-hydrogen) atoms. The monoisotopic (exact) mass is 386 g/mol. The van der Waals surface area contributed by atoms with E-state index in [1.807, 2.05) is 6.07 Å². The average Bonchev–Trinajstić information content (AvgIpc) is 2.98. The number of esters is 1. The predicted molar refractivity (Wildman–Crippen MR) is 98.1 cm³/mol. The van der Waals surface area contributed by atoms with Crippen LogP contribution in [-0.2, 0) is 11.3 Å². The highest BCUT2D eigenvalue weighted by molar-refractivity contribution is 6.32. The number of nitriles is 1. The van der Waals surface area contributed by atoms with Gasteiger partial charge in [-0.2, -0.15) is 5.26 Å². The Kier molecular flexibility index (Phi) is 5.48. The molecule has 0 N–H and O–H groups in total. The van der Waals surface area contributed by atoms with Crippen molar-refractivity contribution in [2.45, 2.75) is 19.4 Å². The molecule has 0 atom stereocenters. The Hall–Kier alpha value is -3.24. The Bertz CT molecular complexity index is 1090. The molecule has 8 heteroatoms. The normalized spacial score (nSPS) is 10.6. The van der Waals surface area contributed by atoms with Crippen LogP contribution in [0.3, 0.4) is 0 Å². The number of rotatable bonds is 6. The Morgan fingerprint density at radius 2 is 2.11 bits per heavy atom. The molecule has 3 rings (SSSR count). The fourth-order valence-electron chi connectivity index (χ4n) is 2.66. The van der Waals surface area contributed by atoms with E-state index in [1.165, 1.54) is 23.8 Å². The molecule has 0 saturated carbocycles. The minimum atomic E-state index is -0.527. The lowest BCUT2D eigenvalue weighted by Crippen LogP contribution is -2.16. The van der Waals surface area contributed by atoms with Crippen molar-refractivity contribution >= 4 is 28.7 Å². The van der Waals surface area contributed by atoms with Gasteiger partial charge in [0.15, 0.2) is 17.1 Å². The molecule has 1 heterocycles. The summed E-state index contributed by atoms with van der Waals surface area (Å²) in [7, 11) is 1.39. The number of hydrogen-bond donors (Lipinski definition) is 0. The summed E-state index contributed by atoms with van der Waals surface area (Å²) in [5.74, 6) is -0.735. The highest BCUT2D eigenvalue weighted by atomic mass is 35.5. The number of methoxy groups -OCH3 is 1. The van der Waals surface area contributed by atoms with Gasteiger partial charge in [-0.1, -0.05) is 23.7 Å². The van der Waals surface area contributed by atoms with E-state index < -0.39 is 11.7 Å². The zero-order valence-corrected chi connectivity index (χ0v) is 15.2. The highest BCUT2D eigenvalue weighted by Gasteiger charge is 2.16. The summed E-state index contributed by atoms with van der Waals surface area (Å²) in [5.41, 5.74) is 1.47. The minimum absolute atomic E-state index is 0.0609. The van der Waals surface area contributed by atoms with Crippen LogP contribution in [0.5, 0.6) is 11.5 Å². The summed E-state index contributed by atoms with van der Waals surface area (Å²) in [4.78, 5) is 24.1. The van der Waals surface area contributed by atoms with Crippen molar-refractivity contribution in [3.8, 4) is 17.6 Å². The van der Waals surface area contributed by atoms with Gasteiger partial charge in [0.2, 0.25) is 0 Å². The van der Waals surface area contributed by atoms with E-state index in [1.54, 1.807) is 24.3 Å².